The fourth-order valence-corrected chi connectivity index (χ4v) is 1.97. The Morgan fingerprint density at radius 3 is 2.80 bits per heavy atom. The van der Waals surface area contributed by atoms with E-state index in [-0.39, 0.29) is 0 Å². The van der Waals surface area contributed by atoms with E-state index in [0.29, 0.717) is 6.54 Å². The average molecular weight is 200 g/mol. The number of aromatic nitrogens is 1. The Bertz CT molecular complexity index is 463. The zero-order chi connectivity index (χ0) is 10.7. The Morgan fingerprint density at radius 1 is 1.27 bits per heavy atom. The number of rotatable bonds is 3. The van der Waals surface area contributed by atoms with Crippen molar-refractivity contribution in [1.29, 1.82) is 0 Å². The van der Waals surface area contributed by atoms with Crippen LogP contribution >= 0.6 is 0 Å². The number of pyridine rings is 1. The summed E-state index contributed by atoms with van der Waals surface area (Å²) in [4.78, 5) is 4.42. The van der Waals surface area contributed by atoms with E-state index in [4.69, 9.17) is 5.73 Å². The van der Waals surface area contributed by atoms with Crippen LogP contribution < -0.4 is 5.73 Å². The fourth-order valence-electron chi connectivity index (χ4n) is 1.97. The minimum atomic E-state index is 0.528. The number of hydrogen-bond donors (Lipinski definition) is 1. The fraction of sp³-hybridized carbons (Fsp3) is 0.308. The van der Waals surface area contributed by atoms with E-state index in [0.717, 1.165) is 18.5 Å². The highest BCUT2D eigenvalue weighted by Crippen LogP contribution is 2.21. The van der Waals surface area contributed by atoms with E-state index in [1.807, 2.05) is 12.3 Å². The van der Waals surface area contributed by atoms with Gasteiger partial charge in [-0.15, -0.1) is 0 Å². The van der Waals surface area contributed by atoms with Crippen molar-refractivity contribution in [3.05, 3.63) is 41.7 Å². The van der Waals surface area contributed by atoms with Gasteiger partial charge < -0.3 is 5.73 Å². The zero-order valence-electron chi connectivity index (χ0n) is 9.03. The first-order valence-electron chi connectivity index (χ1n) is 5.42. The molecule has 0 spiro atoms. The second-order valence-corrected chi connectivity index (χ2v) is 3.72. The molecule has 0 aliphatic rings. The van der Waals surface area contributed by atoms with Crippen LogP contribution in [0.5, 0.6) is 0 Å². The molecule has 2 rings (SSSR count). The summed E-state index contributed by atoms with van der Waals surface area (Å²) in [6, 6.07) is 8.37. The van der Waals surface area contributed by atoms with Crippen LogP contribution in [0.2, 0.25) is 0 Å². The van der Waals surface area contributed by atoms with Gasteiger partial charge in [0.25, 0.3) is 0 Å². The maximum absolute atomic E-state index is 5.71. The highest BCUT2D eigenvalue weighted by molar-refractivity contribution is 5.85. The smallest absolute Gasteiger partial charge is 0.0577 e. The monoisotopic (exact) mass is 200 g/mol. The molecule has 0 bridgehead atoms. The van der Waals surface area contributed by atoms with Gasteiger partial charge in [0, 0.05) is 18.1 Å². The van der Waals surface area contributed by atoms with Gasteiger partial charge in [-0.1, -0.05) is 37.6 Å². The zero-order valence-corrected chi connectivity index (χ0v) is 9.03. The highest BCUT2D eigenvalue weighted by Gasteiger charge is 2.06. The Morgan fingerprint density at radius 2 is 2.07 bits per heavy atom. The lowest BCUT2D eigenvalue weighted by molar-refractivity contribution is 0.877. The van der Waals surface area contributed by atoms with Crippen LogP contribution in [0.1, 0.15) is 24.6 Å². The maximum Gasteiger partial charge on any atom is 0.0577 e. The van der Waals surface area contributed by atoms with Crippen LogP contribution in [-0.2, 0) is 13.0 Å². The van der Waals surface area contributed by atoms with Gasteiger partial charge in [-0.3, -0.25) is 4.98 Å². The normalized spacial score (nSPS) is 10.8. The van der Waals surface area contributed by atoms with E-state index in [2.05, 4.69) is 30.1 Å². The van der Waals surface area contributed by atoms with Crippen LogP contribution in [0, 0.1) is 0 Å². The predicted molar refractivity (Wildman–Crippen MR) is 63.6 cm³/mol. The third-order valence-electron chi connectivity index (χ3n) is 2.69. The highest BCUT2D eigenvalue weighted by atomic mass is 14.7. The van der Waals surface area contributed by atoms with Crippen molar-refractivity contribution in [3.63, 3.8) is 0 Å². The van der Waals surface area contributed by atoms with Crippen molar-refractivity contribution < 1.29 is 0 Å². The molecular formula is C13H16N2. The molecule has 0 saturated heterocycles. The summed E-state index contributed by atoms with van der Waals surface area (Å²) in [5.74, 6) is 0. The standard InChI is InChI=1S/C13H16N2/c1-2-5-12-11-7-4-3-6-10(11)9-15-13(12)8-14/h3-4,6-7,9H,2,5,8,14H2,1H3. The van der Waals surface area contributed by atoms with Crippen LogP contribution in [0.4, 0.5) is 0 Å². The van der Waals surface area contributed by atoms with Gasteiger partial charge in [0.05, 0.1) is 5.69 Å². The molecule has 0 atom stereocenters. The molecule has 1 aromatic heterocycles. The molecule has 2 heteroatoms. The molecular weight excluding hydrogens is 184 g/mol. The molecule has 0 unspecified atom stereocenters. The molecule has 0 radical (unpaired) electrons. The molecule has 1 aromatic carbocycles. The number of benzene rings is 1. The van der Waals surface area contributed by atoms with Gasteiger partial charge in [-0.05, 0) is 17.4 Å². The number of aryl methyl sites for hydroxylation is 1. The van der Waals surface area contributed by atoms with Crippen molar-refractivity contribution in [1.82, 2.24) is 4.98 Å². The summed E-state index contributed by atoms with van der Waals surface area (Å²) in [5, 5.41) is 2.51. The number of nitrogens with zero attached hydrogens (tertiary/aromatic N) is 1. The van der Waals surface area contributed by atoms with E-state index < -0.39 is 0 Å². The van der Waals surface area contributed by atoms with E-state index >= 15 is 0 Å². The van der Waals surface area contributed by atoms with Gasteiger partial charge in [0.15, 0.2) is 0 Å². The Hall–Kier alpha value is -1.41. The molecule has 0 aliphatic heterocycles. The lowest BCUT2D eigenvalue weighted by Crippen LogP contribution is -2.05. The van der Waals surface area contributed by atoms with Gasteiger partial charge in [0.1, 0.15) is 0 Å². The minimum absolute atomic E-state index is 0.528. The van der Waals surface area contributed by atoms with Crippen LogP contribution in [0.25, 0.3) is 10.8 Å². The number of hydrogen-bond acceptors (Lipinski definition) is 2. The summed E-state index contributed by atoms with van der Waals surface area (Å²) in [6.45, 7) is 2.71. The first-order valence-corrected chi connectivity index (χ1v) is 5.42. The van der Waals surface area contributed by atoms with Gasteiger partial charge in [-0.25, -0.2) is 0 Å². The summed E-state index contributed by atoms with van der Waals surface area (Å²) >= 11 is 0. The molecule has 15 heavy (non-hydrogen) atoms. The molecule has 0 aliphatic carbocycles. The molecule has 0 saturated carbocycles. The summed E-state index contributed by atoms with van der Waals surface area (Å²) in [5.41, 5.74) is 8.06. The van der Waals surface area contributed by atoms with Crippen molar-refractivity contribution >= 4 is 10.8 Å². The lowest BCUT2D eigenvalue weighted by atomic mass is 10.0. The van der Waals surface area contributed by atoms with E-state index in [1.54, 1.807) is 0 Å². The summed E-state index contributed by atoms with van der Waals surface area (Å²) in [7, 11) is 0. The Kier molecular flexibility index (Phi) is 2.97. The number of nitrogens with two attached hydrogens (primary N) is 1. The van der Waals surface area contributed by atoms with Gasteiger partial charge in [0.2, 0.25) is 0 Å². The SMILES string of the molecule is CCCc1c(CN)ncc2ccccc12. The molecule has 2 aromatic rings. The van der Waals surface area contributed by atoms with Gasteiger partial charge in [-0.2, -0.15) is 0 Å². The quantitative estimate of drug-likeness (QED) is 0.827. The van der Waals surface area contributed by atoms with Crippen molar-refractivity contribution in [2.45, 2.75) is 26.3 Å². The first kappa shape index (κ1) is 10.1. The molecule has 0 amide bonds. The predicted octanol–water partition coefficient (Wildman–Crippen LogP) is 2.65. The molecule has 1 heterocycles. The minimum Gasteiger partial charge on any atom is -0.325 e. The molecule has 78 valence electrons. The van der Waals surface area contributed by atoms with Crippen molar-refractivity contribution in [2.75, 3.05) is 0 Å². The van der Waals surface area contributed by atoms with Crippen LogP contribution in [0.15, 0.2) is 30.5 Å². The molecule has 2 N–H and O–H groups in total. The van der Waals surface area contributed by atoms with E-state index in [9.17, 15) is 0 Å². The van der Waals surface area contributed by atoms with Gasteiger partial charge >= 0.3 is 0 Å². The molecule has 2 nitrogen and oxygen atoms in total. The molecule has 0 fully saturated rings. The van der Waals surface area contributed by atoms with E-state index in [1.165, 1.54) is 16.3 Å². The third kappa shape index (κ3) is 1.85. The maximum atomic E-state index is 5.71. The van der Waals surface area contributed by atoms with Crippen molar-refractivity contribution in [2.24, 2.45) is 5.73 Å². The van der Waals surface area contributed by atoms with Crippen molar-refractivity contribution in [3.8, 4) is 0 Å². The third-order valence-corrected chi connectivity index (χ3v) is 2.69. The average Bonchev–Trinajstić information content (AvgIpc) is 2.30. The first-order chi connectivity index (χ1) is 7.36. The van der Waals surface area contributed by atoms with Crippen LogP contribution in [-0.4, -0.2) is 4.98 Å². The lowest BCUT2D eigenvalue weighted by Gasteiger charge is -2.09. The largest absolute Gasteiger partial charge is 0.325 e. The summed E-state index contributed by atoms with van der Waals surface area (Å²) < 4.78 is 0. The Balaban J connectivity index is 2.67. The Labute approximate surface area is 90.1 Å². The summed E-state index contributed by atoms with van der Waals surface area (Å²) in [6.07, 6.45) is 4.10. The van der Waals surface area contributed by atoms with Crippen LogP contribution in [0.3, 0.4) is 0 Å². The second kappa shape index (κ2) is 4.41. The second-order valence-electron chi connectivity index (χ2n) is 3.72. The number of fused-ring (bicyclic) bond motifs is 1. The topological polar surface area (TPSA) is 38.9 Å².